The number of nitrogens with zero attached hydrogens (tertiary/aromatic N) is 3. The summed E-state index contributed by atoms with van der Waals surface area (Å²) in [4.78, 5) is 38.7. The molecule has 0 aliphatic carbocycles. The summed E-state index contributed by atoms with van der Waals surface area (Å²) >= 11 is 4.30. The Kier molecular flexibility index (Phi) is 5.56. The molecule has 0 atom stereocenters. The predicted octanol–water partition coefficient (Wildman–Crippen LogP) is 4.00. The lowest BCUT2D eigenvalue weighted by molar-refractivity contribution is -0.115. The van der Waals surface area contributed by atoms with E-state index in [2.05, 4.69) is 15.0 Å². The number of benzene rings is 1. The van der Waals surface area contributed by atoms with Crippen molar-refractivity contribution in [3.8, 4) is 11.1 Å². The van der Waals surface area contributed by atoms with Gasteiger partial charge in [0.1, 0.15) is 10.7 Å². The molecule has 9 heteroatoms. The highest BCUT2D eigenvalue weighted by Gasteiger charge is 2.15. The van der Waals surface area contributed by atoms with Crippen molar-refractivity contribution >= 4 is 55.7 Å². The Hall–Kier alpha value is -2.49. The van der Waals surface area contributed by atoms with Gasteiger partial charge >= 0.3 is 0 Å². The Morgan fingerprint density at radius 2 is 2.07 bits per heavy atom. The molecule has 0 fully saturated rings. The summed E-state index contributed by atoms with van der Waals surface area (Å²) in [6.07, 6.45) is 1.67. The van der Waals surface area contributed by atoms with Crippen molar-refractivity contribution in [3.05, 3.63) is 63.5 Å². The van der Waals surface area contributed by atoms with Gasteiger partial charge in [-0.25, -0.2) is 9.97 Å². The number of aromatic amines is 1. The first-order valence-corrected chi connectivity index (χ1v) is 11.3. The van der Waals surface area contributed by atoms with Crippen LogP contribution in [0.5, 0.6) is 0 Å². The molecule has 1 amide bonds. The molecule has 0 aliphatic rings. The number of thiazole rings is 1. The normalized spacial score (nSPS) is 11.0. The molecule has 3 heterocycles. The first-order valence-electron chi connectivity index (χ1n) is 8.43. The van der Waals surface area contributed by atoms with Crippen molar-refractivity contribution in [2.24, 2.45) is 0 Å². The Morgan fingerprint density at radius 1 is 1.25 bits per heavy atom. The fourth-order valence-electron chi connectivity index (χ4n) is 2.71. The molecule has 0 aliphatic heterocycles. The van der Waals surface area contributed by atoms with Crippen LogP contribution in [0.25, 0.3) is 21.3 Å². The fraction of sp³-hybridized carbons (Fsp3) is 0.158. The predicted molar refractivity (Wildman–Crippen MR) is 117 cm³/mol. The van der Waals surface area contributed by atoms with Crippen LogP contribution >= 0.6 is 34.4 Å². The van der Waals surface area contributed by atoms with Gasteiger partial charge in [-0.05, 0) is 5.56 Å². The number of rotatable bonds is 6. The molecule has 4 aromatic rings. The average molecular weight is 429 g/mol. The SMILES string of the molecule is CN(C(=O)CSCc1nc2scc(-c3ccccc3)c2c(=O)[nH]1)c1nccs1. The number of thiophene rings is 1. The van der Waals surface area contributed by atoms with Gasteiger partial charge < -0.3 is 4.98 Å². The van der Waals surface area contributed by atoms with Crippen LogP contribution in [0.15, 0.2) is 52.1 Å². The smallest absolute Gasteiger partial charge is 0.260 e. The summed E-state index contributed by atoms with van der Waals surface area (Å²) in [6, 6.07) is 9.81. The van der Waals surface area contributed by atoms with Gasteiger partial charge in [0.2, 0.25) is 5.91 Å². The summed E-state index contributed by atoms with van der Waals surface area (Å²) in [5.74, 6) is 1.29. The molecule has 0 spiro atoms. The monoisotopic (exact) mass is 428 g/mol. The van der Waals surface area contributed by atoms with Crippen LogP contribution in [0.4, 0.5) is 5.13 Å². The van der Waals surface area contributed by atoms with Gasteiger partial charge in [0, 0.05) is 29.6 Å². The molecule has 0 unspecified atom stereocenters. The maximum atomic E-state index is 12.6. The minimum atomic E-state index is -0.146. The van der Waals surface area contributed by atoms with Crippen molar-refractivity contribution in [2.45, 2.75) is 5.75 Å². The van der Waals surface area contributed by atoms with E-state index < -0.39 is 0 Å². The van der Waals surface area contributed by atoms with E-state index in [-0.39, 0.29) is 17.2 Å². The van der Waals surface area contributed by atoms with E-state index >= 15 is 0 Å². The van der Waals surface area contributed by atoms with Gasteiger partial charge in [0.25, 0.3) is 5.56 Å². The highest BCUT2D eigenvalue weighted by atomic mass is 32.2. The standard InChI is InChI=1S/C19H16N4O2S3/c1-23(19-20-7-8-27-19)15(24)11-26-10-14-21-17(25)16-13(9-28-18(16)22-14)12-5-3-2-4-6-12/h2-9H,10-11H2,1H3,(H,21,22,25). The van der Waals surface area contributed by atoms with Crippen LogP contribution in [0, 0.1) is 0 Å². The van der Waals surface area contributed by atoms with E-state index in [1.165, 1.54) is 34.4 Å². The Bertz CT molecular complexity index is 1150. The van der Waals surface area contributed by atoms with Crippen LogP contribution < -0.4 is 10.5 Å². The van der Waals surface area contributed by atoms with Crippen LogP contribution in [-0.4, -0.2) is 33.7 Å². The van der Waals surface area contributed by atoms with Gasteiger partial charge in [-0.1, -0.05) is 30.3 Å². The molecule has 4 rings (SSSR count). The number of amides is 1. The van der Waals surface area contributed by atoms with Gasteiger partial charge in [0.05, 0.1) is 16.9 Å². The molecule has 0 radical (unpaired) electrons. The molecule has 0 saturated heterocycles. The lowest BCUT2D eigenvalue weighted by Gasteiger charge is -2.13. The lowest BCUT2D eigenvalue weighted by atomic mass is 10.1. The lowest BCUT2D eigenvalue weighted by Crippen LogP contribution is -2.27. The maximum absolute atomic E-state index is 12.6. The third kappa shape index (κ3) is 3.87. The average Bonchev–Trinajstić information content (AvgIpc) is 3.38. The number of carbonyl (C=O) groups is 1. The van der Waals surface area contributed by atoms with Crippen molar-refractivity contribution in [1.29, 1.82) is 0 Å². The summed E-state index contributed by atoms with van der Waals surface area (Å²) in [5, 5.41) is 5.09. The van der Waals surface area contributed by atoms with E-state index in [9.17, 15) is 9.59 Å². The van der Waals surface area contributed by atoms with Gasteiger partial charge in [-0.15, -0.1) is 34.4 Å². The minimum absolute atomic E-state index is 0.0362. The second kappa shape index (κ2) is 8.26. The largest absolute Gasteiger partial charge is 0.309 e. The second-order valence-corrected chi connectivity index (χ2v) is 8.69. The zero-order valence-electron chi connectivity index (χ0n) is 14.9. The number of H-pyrrole nitrogens is 1. The summed E-state index contributed by atoms with van der Waals surface area (Å²) in [7, 11) is 1.71. The number of fused-ring (bicyclic) bond motifs is 1. The molecular formula is C19H16N4O2S3. The number of thioether (sulfide) groups is 1. The highest BCUT2D eigenvalue weighted by molar-refractivity contribution is 7.99. The number of carbonyl (C=O) groups excluding carboxylic acids is 1. The highest BCUT2D eigenvalue weighted by Crippen LogP contribution is 2.30. The second-order valence-electron chi connectivity index (χ2n) is 5.97. The van der Waals surface area contributed by atoms with E-state index in [0.717, 1.165) is 11.1 Å². The van der Waals surface area contributed by atoms with Gasteiger partial charge in [0.15, 0.2) is 5.13 Å². The third-order valence-corrected chi connectivity index (χ3v) is 6.77. The number of hydrogen-bond acceptors (Lipinski definition) is 7. The number of nitrogens with one attached hydrogen (secondary N) is 1. The van der Waals surface area contributed by atoms with Crippen molar-refractivity contribution < 1.29 is 4.79 Å². The van der Waals surface area contributed by atoms with Gasteiger partial charge in [-0.2, -0.15) is 0 Å². The Labute approximate surface area is 173 Å². The topological polar surface area (TPSA) is 79.0 Å². The van der Waals surface area contributed by atoms with E-state index in [1.54, 1.807) is 18.1 Å². The van der Waals surface area contributed by atoms with Crippen molar-refractivity contribution in [1.82, 2.24) is 15.0 Å². The quantitative estimate of drug-likeness (QED) is 0.502. The van der Waals surface area contributed by atoms with Crippen LogP contribution in [0.3, 0.4) is 0 Å². The van der Waals surface area contributed by atoms with Crippen molar-refractivity contribution in [3.63, 3.8) is 0 Å². The molecule has 142 valence electrons. The summed E-state index contributed by atoms with van der Waals surface area (Å²) in [6.45, 7) is 0. The molecule has 28 heavy (non-hydrogen) atoms. The van der Waals surface area contributed by atoms with Crippen LogP contribution in [0.1, 0.15) is 5.82 Å². The van der Waals surface area contributed by atoms with Crippen LogP contribution in [-0.2, 0) is 10.5 Å². The summed E-state index contributed by atoms with van der Waals surface area (Å²) < 4.78 is 0. The van der Waals surface area contributed by atoms with Gasteiger partial charge in [-0.3, -0.25) is 14.5 Å². The van der Waals surface area contributed by atoms with E-state index in [4.69, 9.17) is 0 Å². The molecular weight excluding hydrogens is 412 g/mol. The minimum Gasteiger partial charge on any atom is -0.309 e. The molecule has 3 aromatic heterocycles. The number of anilines is 1. The van der Waals surface area contributed by atoms with E-state index in [0.29, 0.717) is 26.9 Å². The Balaban J connectivity index is 1.47. The molecule has 0 bridgehead atoms. The summed E-state index contributed by atoms with van der Waals surface area (Å²) in [5.41, 5.74) is 1.75. The Morgan fingerprint density at radius 3 is 2.82 bits per heavy atom. The number of hydrogen-bond donors (Lipinski definition) is 1. The van der Waals surface area contributed by atoms with Crippen molar-refractivity contribution in [2.75, 3.05) is 17.7 Å². The molecule has 1 N–H and O–H groups in total. The number of aromatic nitrogens is 3. The van der Waals surface area contributed by atoms with E-state index in [1.807, 2.05) is 41.1 Å². The first kappa shape index (κ1) is 18.9. The molecule has 0 saturated carbocycles. The molecule has 6 nitrogen and oxygen atoms in total. The maximum Gasteiger partial charge on any atom is 0.260 e. The molecule has 1 aromatic carbocycles. The zero-order chi connectivity index (χ0) is 19.5. The van der Waals surface area contributed by atoms with Crippen LogP contribution in [0.2, 0.25) is 0 Å². The zero-order valence-corrected chi connectivity index (χ0v) is 17.4. The fourth-order valence-corrected chi connectivity index (χ4v) is 5.10. The first-order chi connectivity index (χ1) is 13.6. The third-order valence-electron chi connectivity index (χ3n) is 4.12.